The SMILES string of the molecule is COC(=O)C1=C(O)[C@@H]2CCC[C@@H]2[C@@H](C=O)[C@H]1c1ccc([N+](=O)[O-])cc1. The van der Waals surface area contributed by atoms with E-state index in [-0.39, 0.29) is 28.9 Å². The van der Waals surface area contributed by atoms with Crippen LogP contribution in [0.5, 0.6) is 0 Å². The summed E-state index contributed by atoms with van der Waals surface area (Å²) in [6, 6.07) is 5.74. The summed E-state index contributed by atoms with van der Waals surface area (Å²) >= 11 is 0. The summed E-state index contributed by atoms with van der Waals surface area (Å²) in [5.74, 6) is -2.05. The standard InChI is InChI=1S/C18H19NO6/c1-25-18(22)16-15(10-5-7-11(8-6-10)19(23)24)14(9-20)12-3-2-4-13(12)17(16)21/h5-9,12-15,21H,2-4H2,1H3/t12-,13+,14+,15+/m0/s1. The van der Waals surface area contributed by atoms with E-state index in [1.54, 1.807) is 0 Å². The maximum Gasteiger partial charge on any atom is 0.337 e. The fourth-order valence-electron chi connectivity index (χ4n) is 4.30. The third-order valence-electron chi connectivity index (χ3n) is 5.41. The van der Waals surface area contributed by atoms with Crippen LogP contribution in [-0.2, 0) is 14.3 Å². The van der Waals surface area contributed by atoms with Crippen LogP contribution in [0.1, 0.15) is 30.7 Å². The molecule has 0 heterocycles. The van der Waals surface area contributed by atoms with Crippen molar-refractivity contribution in [1.82, 2.24) is 0 Å². The van der Waals surface area contributed by atoms with Gasteiger partial charge in [-0.1, -0.05) is 18.6 Å². The normalized spacial score (nSPS) is 28.4. The highest BCUT2D eigenvalue weighted by atomic mass is 16.6. The first kappa shape index (κ1) is 17.1. The van der Waals surface area contributed by atoms with Gasteiger partial charge in [-0.3, -0.25) is 10.1 Å². The molecule has 0 saturated heterocycles. The smallest absolute Gasteiger partial charge is 0.337 e. The third kappa shape index (κ3) is 2.79. The van der Waals surface area contributed by atoms with Crippen LogP contribution in [0.4, 0.5) is 5.69 Å². The van der Waals surface area contributed by atoms with Crippen molar-refractivity contribution >= 4 is 17.9 Å². The minimum absolute atomic E-state index is 0.00389. The van der Waals surface area contributed by atoms with E-state index in [4.69, 9.17) is 4.74 Å². The molecule has 3 rings (SSSR count). The lowest BCUT2D eigenvalue weighted by atomic mass is 9.65. The van der Waals surface area contributed by atoms with Crippen molar-refractivity contribution in [3.05, 3.63) is 51.3 Å². The lowest BCUT2D eigenvalue weighted by Gasteiger charge is -2.38. The molecule has 0 bridgehead atoms. The summed E-state index contributed by atoms with van der Waals surface area (Å²) < 4.78 is 4.83. The van der Waals surface area contributed by atoms with E-state index in [2.05, 4.69) is 0 Å². The Morgan fingerprint density at radius 3 is 2.56 bits per heavy atom. The van der Waals surface area contributed by atoms with Crippen molar-refractivity contribution in [1.29, 1.82) is 0 Å². The number of ether oxygens (including phenoxy) is 1. The van der Waals surface area contributed by atoms with E-state index in [9.17, 15) is 24.8 Å². The molecule has 2 aliphatic rings. The van der Waals surface area contributed by atoms with Crippen LogP contribution in [0, 0.1) is 27.9 Å². The van der Waals surface area contributed by atoms with E-state index < -0.39 is 22.7 Å². The fraction of sp³-hybridized carbons (Fsp3) is 0.444. The number of nitro groups is 1. The number of carbonyl (C=O) groups is 2. The number of methoxy groups -OCH3 is 1. The summed E-state index contributed by atoms with van der Waals surface area (Å²) in [6.45, 7) is 0. The Kier molecular flexibility index (Phi) is 4.57. The van der Waals surface area contributed by atoms with Gasteiger partial charge in [0.05, 0.1) is 17.6 Å². The number of non-ortho nitro benzene ring substituents is 1. The Hall–Kier alpha value is -2.70. The maximum absolute atomic E-state index is 12.3. The van der Waals surface area contributed by atoms with Crippen molar-refractivity contribution < 1.29 is 24.4 Å². The second-order valence-corrected chi connectivity index (χ2v) is 6.53. The topological polar surface area (TPSA) is 107 Å². The van der Waals surface area contributed by atoms with Gasteiger partial charge in [0.1, 0.15) is 12.0 Å². The second-order valence-electron chi connectivity index (χ2n) is 6.53. The van der Waals surface area contributed by atoms with Gasteiger partial charge in [-0.05, 0) is 24.3 Å². The largest absolute Gasteiger partial charge is 0.511 e. The van der Waals surface area contributed by atoms with Crippen LogP contribution in [0.15, 0.2) is 35.6 Å². The van der Waals surface area contributed by atoms with Crippen LogP contribution in [0.3, 0.4) is 0 Å². The van der Waals surface area contributed by atoms with Gasteiger partial charge in [0, 0.05) is 29.9 Å². The van der Waals surface area contributed by atoms with Gasteiger partial charge < -0.3 is 14.6 Å². The van der Waals surface area contributed by atoms with E-state index in [1.807, 2.05) is 0 Å². The average Bonchev–Trinajstić information content (AvgIpc) is 3.11. The van der Waals surface area contributed by atoms with E-state index >= 15 is 0 Å². The van der Waals surface area contributed by atoms with Crippen LogP contribution in [0.25, 0.3) is 0 Å². The number of aliphatic hydroxyl groups is 1. The van der Waals surface area contributed by atoms with Crippen LogP contribution < -0.4 is 0 Å². The zero-order valence-electron chi connectivity index (χ0n) is 13.8. The molecule has 1 N–H and O–H groups in total. The number of nitro benzene ring substituents is 1. The maximum atomic E-state index is 12.3. The van der Waals surface area contributed by atoms with Crippen LogP contribution in [-0.4, -0.2) is 29.4 Å². The molecule has 0 aliphatic heterocycles. The van der Waals surface area contributed by atoms with Crippen LogP contribution >= 0.6 is 0 Å². The molecule has 132 valence electrons. The molecule has 1 aromatic carbocycles. The molecule has 1 saturated carbocycles. The first-order chi connectivity index (χ1) is 12.0. The molecular formula is C18H19NO6. The van der Waals surface area contributed by atoms with Gasteiger partial charge in [0.2, 0.25) is 0 Å². The zero-order valence-corrected chi connectivity index (χ0v) is 13.8. The highest BCUT2D eigenvalue weighted by molar-refractivity contribution is 5.92. The summed E-state index contributed by atoms with van der Waals surface area (Å²) in [5, 5.41) is 21.5. The first-order valence-corrected chi connectivity index (χ1v) is 8.20. The van der Waals surface area contributed by atoms with Gasteiger partial charge in [-0.2, -0.15) is 0 Å². The quantitative estimate of drug-likeness (QED) is 0.389. The lowest BCUT2D eigenvalue weighted by Crippen LogP contribution is -2.37. The first-order valence-electron chi connectivity index (χ1n) is 8.20. The Balaban J connectivity index is 2.13. The number of fused-ring (bicyclic) bond motifs is 1. The number of nitrogens with zero attached hydrogens (tertiary/aromatic N) is 1. The highest BCUT2D eigenvalue weighted by Crippen LogP contribution is 2.52. The number of carbonyl (C=O) groups excluding carboxylic acids is 2. The van der Waals surface area contributed by atoms with Gasteiger partial charge in [-0.25, -0.2) is 4.79 Å². The minimum Gasteiger partial charge on any atom is -0.511 e. The predicted molar refractivity (Wildman–Crippen MR) is 87.9 cm³/mol. The summed E-state index contributed by atoms with van der Waals surface area (Å²) in [6.07, 6.45) is 3.25. The number of esters is 1. The number of aldehydes is 1. The molecule has 2 aliphatic carbocycles. The van der Waals surface area contributed by atoms with Crippen molar-refractivity contribution in [2.24, 2.45) is 17.8 Å². The van der Waals surface area contributed by atoms with E-state index in [1.165, 1.54) is 31.4 Å². The Labute approximate surface area is 144 Å². The second kappa shape index (κ2) is 6.66. The number of benzene rings is 1. The molecule has 25 heavy (non-hydrogen) atoms. The highest BCUT2D eigenvalue weighted by Gasteiger charge is 2.49. The molecule has 0 radical (unpaired) electrons. The molecule has 4 atom stereocenters. The Bertz CT molecular complexity index is 738. The van der Waals surface area contributed by atoms with Gasteiger partial charge in [0.25, 0.3) is 5.69 Å². The average molecular weight is 345 g/mol. The number of allylic oxidation sites excluding steroid dienone is 1. The lowest BCUT2D eigenvalue weighted by molar-refractivity contribution is -0.384. The third-order valence-corrected chi connectivity index (χ3v) is 5.41. The Morgan fingerprint density at radius 2 is 2.00 bits per heavy atom. The monoisotopic (exact) mass is 345 g/mol. The molecule has 1 fully saturated rings. The number of aliphatic hydroxyl groups excluding tert-OH is 1. The summed E-state index contributed by atoms with van der Waals surface area (Å²) in [4.78, 5) is 34.5. The predicted octanol–water partition coefficient (Wildman–Crippen LogP) is 2.91. The molecule has 0 aromatic heterocycles. The molecule has 7 nitrogen and oxygen atoms in total. The van der Waals surface area contributed by atoms with E-state index in [0.29, 0.717) is 5.56 Å². The van der Waals surface area contributed by atoms with Crippen molar-refractivity contribution in [3.63, 3.8) is 0 Å². The Morgan fingerprint density at radius 1 is 1.32 bits per heavy atom. The van der Waals surface area contributed by atoms with Crippen molar-refractivity contribution in [2.45, 2.75) is 25.2 Å². The molecule has 0 amide bonds. The summed E-state index contributed by atoms with van der Waals surface area (Å²) in [7, 11) is 1.23. The van der Waals surface area contributed by atoms with Gasteiger partial charge in [0.15, 0.2) is 0 Å². The number of rotatable bonds is 4. The van der Waals surface area contributed by atoms with Gasteiger partial charge >= 0.3 is 5.97 Å². The fourth-order valence-corrected chi connectivity index (χ4v) is 4.30. The van der Waals surface area contributed by atoms with Crippen molar-refractivity contribution in [2.75, 3.05) is 7.11 Å². The molecule has 1 aromatic rings. The number of hydrogen-bond acceptors (Lipinski definition) is 6. The van der Waals surface area contributed by atoms with E-state index in [0.717, 1.165) is 25.5 Å². The molecule has 0 unspecified atom stereocenters. The van der Waals surface area contributed by atoms with Gasteiger partial charge in [-0.15, -0.1) is 0 Å². The minimum atomic E-state index is -0.668. The van der Waals surface area contributed by atoms with Crippen LogP contribution in [0.2, 0.25) is 0 Å². The number of hydrogen-bond donors (Lipinski definition) is 1. The zero-order chi connectivity index (χ0) is 18.1. The molecule has 7 heteroatoms. The summed E-state index contributed by atoms with van der Waals surface area (Å²) in [5.41, 5.74) is 0.602. The van der Waals surface area contributed by atoms with Crippen molar-refractivity contribution in [3.8, 4) is 0 Å². The molecule has 0 spiro atoms. The molecular weight excluding hydrogens is 326 g/mol.